The van der Waals surface area contributed by atoms with Crippen LogP contribution in [0.2, 0.25) is 0 Å². The van der Waals surface area contributed by atoms with Crippen molar-refractivity contribution in [3.8, 4) is 17.2 Å². The number of likely N-dealkylation sites (tertiary alicyclic amines) is 1. The van der Waals surface area contributed by atoms with Gasteiger partial charge in [-0.1, -0.05) is 18.2 Å². The summed E-state index contributed by atoms with van der Waals surface area (Å²) in [7, 11) is 1.72. The Morgan fingerprint density at radius 1 is 1.13 bits per heavy atom. The molecule has 1 saturated heterocycles. The first-order valence-corrected chi connectivity index (χ1v) is 8.09. The van der Waals surface area contributed by atoms with Crippen LogP contribution in [-0.4, -0.2) is 30.1 Å². The molecule has 0 unspecified atom stereocenters. The molecule has 118 valence electrons. The summed E-state index contributed by atoms with van der Waals surface area (Å²) in [6.07, 6.45) is 2.59. The fraction of sp³-hybridized carbons (Fsp3) is 0.316. The van der Waals surface area contributed by atoms with Gasteiger partial charge in [0.05, 0.1) is 7.11 Å². The average molecular weight is 308 g/mol. The number of hydrogen-bond acceptors (Lipinski definition) is 4. The Morgan fingerprint density at radius 2 is 1.96 bits per heavy atom. The first-order valence-electron chi connectivity index (χ1n) is 8.09. The molecular formula is C19H20N2O2. The quantitative estimate of drug-likeness (QED) is 0.727. The number of aromatic nitrogens is 1. The van der Waals surface area contributed by atoms with Gasteiger partial charge in [-0.05, 0) is 50.2 Å². The van der Waals surface area contributed by atoms with Crippen LogP contribution in [0.3, 0.4) is 0 Å². The largest absolute Gasteiger partial charge is 0.496 e. The number of para-hydroxylation sites is 2. The Morgan fingerprint density at radius 3 is 2.74 bits per heavy atom. The molecule has 4 heteroatoms. The second kappa shape index (κ2) is 6.05. The lowest BCUT2D eigenvalue weighted by Gasteiger charge is -2.17. The molecule has 4 nitrogen and oxygen atoms in total. The van der Waals surface area contributed by atoms with Crippen molar-refractivity contribution in [2.75, 3.05) is 20.2 Å². The summed E-state index contributed by atoms with van der Waals surface area (Å²) in [4.78, 5) is 7.03. The highest BCUT2D eigenvalue weighted by molar-refractivity contribution is 5.76. The number of ether oxygens (including phenoxy) is 1. The van der Waals surface area contributed by atoms with Crippen molar-refractivity contribution in [2.45, 2.75) is 19.4 Å². The van der Waals surface area contributed by atoms with Crippen LogP contribution < -0.4 is 4.74 Å². The minimum Gasteiger partial charge on any atom is -0.496 e. The maximum absolute atomic E-state index is 5.85. The summed E-state index contributed by atoms with van der Waals surface area (Å²) in [6.45, 7) is 3.29. The van der Waals surface area contributed by atoms with Crippen molar-refractivity contribution in [2.24, 2.45) is 0 Å². The maximum Gasteiger partial charge on any atom is 0.227 e. The average Bonchev–Trinajstić information content (AvgIpc) is 3.24. The summed E-state index contributed by atoms with van der Waals surface area (Å²) in [6, 6.07) is 14.0. The van der Waals surface area contributed by atoms with E-state index in [0.29, 0.717) is 5.89 Å². The molecule has 0 radical (unpaired) electrons. The van der Waals surface area contributed by atoms with Gasteiger partial charge < -0.3 is 9.15 Å². The van der Waals surface area contributed by atoms with Crippen LogP contribution >= 0.6 is 0 Å². The summed E-state index contributed by atoms with van der Waals surface area (Å²) >= 11 is 0. The van der Waals surface area contributed by atoms with Gasteiger partial charge in [-0.15, -0.1) is 0 Å². The minimum absolute atomic E-state index is 0.636. The number of hydrogen-bond donors (Lipinski definition) is 0. The molecule has 1 aromatic heterocycles. The molecule has 2 aromatic carbocycles. The van der Waals surface area contributed by atoms with E-state index in [1.54, 1.807) is 7.11 Å². The molecule has 0 spiro atoms. The molecule has 1 fully saturated rings. The lowest BCUT2D eigenvalue weighted by Crippen LogP contribution is -2.18. The Labute approximate surface area is 135 Å². The molecule has 2 heterocycles. The monoisotopic (exact) mass is 308 g/mol. The highest BCUT2D eigenvalue weighted by atomic mass is 16.5. The van der Waals surface area contributed by atoms with Crippen molar-refractivity contribution in [3.05, 3.63) is 48.0 Å². The Hall–Kier alpha value is -2.33. The maximum atomic E-state index is 5.85. The van der Waals surface area contributed by atoms with Gasteiger partial charge in [-0.2, -0.15) is 0 Å². The number of nitrogens with zero attached hydrogens (tertiary/aromatic N) is 2. The summed E-state index contributed by atoms with van der Waals surface area (Å²) in [5.41, 5.74) is 3.85. The summed E-state index contributed by atoms with van der Waals surface area (Å²) in [5, 5.41) is 0. The van der Waals surface area contributed by atoms with Crippen molar-refractivity contribution >= 4 is 11.1 Å². The summed E-state index contributed by atoms with van der Waals surface area (Å²) < 4.78 is 11.4. The van der Waals surface area contributed by atoms with Gasteiger partial charge in [-0.3, -0.25) is 4.90 Å². The first kappa shape index (κ1) is 14.3. The standard InChI is InChI=1S/C19H20N2O2/c1-22-18-12-14(8-9-15(18)13-21-10-4-5-11-21)19-20-16-6-2-3-7-17(16)23-19/h2-3,6-9,12H,4-5,10-11,13H2,1H3. The predicted molar refractivity (Wildman–Crippen MR) is 90.5 cm³/mol. The van der Waals surface area contributed by atoms with Gasteiger partial charge in [0, 0.05) is 17.7 Å². The Balaban J connectivity index is 1.66. The van der Waals surface area contributed by atoms with E-state index in [9.17, 15) is 0 Å². The molecule has 0 amide bonds. The van der Waals surface area contributed by atoms with Gasteiger partial charge in [0.2, 0.25) is 5.89 Å². The van der Waals surface area contributed by atoms with E-state index in [1.807, 2.05) is 30.3 Å². The van der Waals surface area contributed by atoms with Gasteiger partial charge >= 0.3 is 0 Å². The predicted octanol–water partition coefficient (Wildman–Crippen LogP) is 4.10. The second-order valence-electron chi connectivity index (χ2n) is 6.00. The topological polar surface area (TPSA) is 38.5 Å². The molecule has 3 aromatic rings. The molecule has 0 saturated carbocycles. The Kier molecular flexibility index (Phi) is 3.75. The van der Waals surface area contributed by atoms with Gasteiger partial charge in [-0.25, -0.2) is 4.98 Å². The highest BCUT2D eigenvalue weighted by Gasteiger charge is 2.16. The van der Waals surface area contributed by atoms with E-state index >= 15 is 0 Å². The van der Waals surface area contributed by atoms with Crippen LogP contribution in [0.25, 0.3) is 22.6 Å². The lowest BCUT2D eigenvalue weighted by molar-refractivity contribution is 0.321. The lowest BCUT2D eigenvalue weighted by atomic mass is 10.1. The number of rotatable bonds is 4. The van der Waals surface area contributed by atoms with Crippen LogP contribution in [0.15, 0.2) is 46.9 Å². The summed E-state index contributed by atoms with van der Waals surface area (Å²) in [5.74, 6) is 1.54. The van der Waals surface area contributed by atoms with Crippen molar-refractivity contribution in [1.82, 2.24) is 9.88 Å². The smallest absolute Gasteiger partial charge is 0.227 e. The first-order chi connectivity index (χ1) is 11.3. The van der Waals surface area contributed by atoms with Crippen LogP contribution in [0, 0.1) is 0 Å². The third kappa shape index (κ3) is 2.82. The molecule has 23 heavy (non-hydrogen) atoms. The molecule has 0 bridgehead atoms. The third-order valence-corrected chi connectivity index (χ3v) is 4.42. The molecule has 1 aliphatic rings. The van der Waals surface area contributed by atoms with Crippen molar-refractivity contribution < 1.29 is 9.15 Å². The zero-order valence-electron chi connectivity index (χ0n) is 13.3. The van der Waals surface area contributed by atoms with Gasteiger partial charge in [0.1, 0.15) is 11.3 Å². The van der Waals surface area contributed by atoms with E-state index in [4.69, 9.17) is 9.15 Å². The number of oxazole rings is 1. The minimum atomic E-state index is 0.636. The number of methoxy groups -OCH3 is 1. The van der Waals surface area contributed by atoms with Gasteiger partial charge in [0.15, 0.2) is 5.58 Å². The normalized spacial score (nSPS) is 15.3. The second-order valence-corrected chi connectivity index (χ2v) is 6.00. The molecule has 0 aliphatic carbocycles. The highest BCUT2D eigenvalue weighted by Crippen LogP contribution is 2.30. The van der Waals surface area contributed by atoms with E-state index in [0.717, 1.165) is 29.0 Å². The number of fused-ring (bicyclic) bond motifs is 1. The fourth-order valence-corrected chi connectivity index (χ4v) is 3.19. The van der Waals surface area contributed by atoms with Crippen LogP contribution in [-0.2, 0) is 6.54 Å². The van der Waals surface area contributed by atoms with E-state index in [1.165, 1.54) is 31.5 Å². The zero-order valence-corrected chi connectivity index (χ0v) is 13.3. The third-order valence-electron chi connectivity index (χ3n) is 4.42. The van der Waals surface area contributed by atoms with Crippen LogP contribution in [0.1, 0.15) is 18.4 Å². The fourth-order valence-electron chi connectivity index (χ4n) is 3.19. The van der Waals surface area contributed by atoms with Crippen molar-refractivity contribution in [3.63, 3.8) is 0 Å². The molecular weight excluding hydrogens is 288 g/mol. The molecule has 1 aliphatic heterocycles. The molecule has 0 N–H and O–H groups in total. The van der Waals surface area contributed by atoms with Gasteiger partial charge in [0.25, 0.3) is 0 Å². The molecule has 4 rings (SSSR count). The van der Waals surface area contributed by atoms with E-state index in [-0.39, 0.29) is 0 Å². The van der Waals surface area contributed by atoms with E-state index in [2.05, 4.69) is 22.0 Å². The van der Waals surface area contributed by atoms with Crippen LogP contribution in [0.5, 0.6) is 5.75 Å². The molecule has 0 atom stereocenters. The van der Waals surface area contributed by atoms with Crippen LogP contribution in [0.4, 0.5) is 0 Å². The Bertz CT molecular complexity index is 786. The van der Waals surface area contributed by atoms with E-state index < -0.39 is 0 Å². The SMILES string of the molecule is COc1cc(-c2nc3ccccc3o2)ccc1CN1CCCC1. The number of benzene rings is 2. The zero-order chi connectivity index (χ0) is 15.6. The van der Waals surface area contributed by atoms with Crippen molar-refractivity contribution in [1.29, 1.82) is 0 Å².